The molecular formula is C16H21F2NO3. The molecule has 0 spiro atoms. The summed E-state index contributed by atoms with van der Waals surface area (Å²) in [5, 5.41) is 10.4. The van der Waals surface area contributed by atoms with E-state index in [9.17, 15) is 18.7 Å². The Hall–Kier alpha value is -1.69. The Kier molecular flexibility index (Phi) is 4.42. The van der Waals surface area contributed by atoms with E-state index >= 15 is 0 Å². The number of alkyl halides is 2. The molecule has 1 aliphatic heterocycles. The van der Waals surface area contributed by atoms with Crippen molar-refractivity contribution in [2.45, 2.75) is 39.4 Å². The summed E-state index contributed by atoms with van der Waals surface area (Å²) in [7, 11) is 0. The fourth-order valence-electron chi connectivity index (χ4n) is 2.55. The molecule has 6 heteroatoms. The van der Waals surface area contributed by atoms with E-state index in [0.717, 1.165) is 0 Å². The fourth-order valence-corrected chi connectivity index (χ4v) is 2.55. The molecule has 0 radical (unpaired) electrons. The molecule has 4 nitrogen and oxygen atoms in total. The summed E-state index contributed by atoms with van der Waals surface area (Å²) in [4.78, 5) is 14.2. The van der Waals surface area contributed by atoms with Crippen LogP contribution in [0.15, 0.2) is 24.3 Å². The van der Waals surface area contributed by atoms with Gasteiger partial charge in [-0.05, 0) is 37.6 Å². The van der Waals surface area contributed by atoms with Crippen LogP contribution < -0.4 is 4.74 Å². The van der Waals surface area contributed by atoms with Crippen molar-refractivity contribution in [3.8, 4) is 5.75 Å². The lowest BCUT2D eigenvalue weighted by molar-refractivity contribution is -0.0971. The summed E-state index contributed by atoms with van der Waals surface area (Å²) in [6.45, 7) is 3.65. The molecule has 1 N–H and O–H groups in total. The van der Waals surface area contributed by atoms with Crippen LogP contribution in [-0.2, 0) is 0 Å². The number of nitrogens with zero attached hydrogens (tertiary/aromatic N) is 1. The van der Waals surface area contributed by atoms with Gasteiger partial charge >= 0.3 is 6.61 Å². The average molecular weight is 313 g/mol. The topological polar surface area (TPSA) is 49.8 Å². The normalized spacial score (nSPS) is 24.4. The van der Waals surface area contributed by atoms with Crippen LogP contribution in [0.25, 0.3) is 0 Å². The Balaban J connectivity index is 2.09. The highest BCUT2D eigenvalue weighted by molar-refractivity contribution is 5.94. The summed E-state index contributed by atoms with van der Waals surface area (Å²) in [6.07, 6.45) is 0.498. The third-order valence-electron chi connectivity index (χ3n) is 4.53. The lowest BCUT2D eigenvalue weighted by Crippen LogP contribution is -2.56. The van der Waals surface area contributed by atoms with E-state index < -0.39 is 17.6 Å². The van der Waals surface area contributed by atoms with Gasteiger partial charge in [0.2, 0.25) is 0 Å². The van der Waals surface area contributed by atoms with Crippen molar-refractivity contribution in [3.63, 3.8) is 0 Å². The van der Waals surface area contributed by atoms with Gasteiger partial charge in [0, 0.05) is 24.1 Å². The number of halogens is 2. The monoisotopic (exact) mass is 313 g/mol. The molecule has 1 saturated heterocycles. The van der Waals surface area contributed by atoms with Crippen LogP contribution in [0.5, 0.6) is 5.75 Å². The van der Waals surface area contributed by atoms with Crippen molar-refractivity contribution in [2.75, 3.05) is 13.1 Å². The number of likely N-dealkylation sites (tertiary alicyclic amines) is 1. The molecule has 0 aliphatic carbocycles. The van der Waals surface area contributed by atoms with Gasteiger partial charge in [-0.15, -0.1) is 0 Å². The highest BCUT2D eigenvalue weighted by Gasteiger charge is 2.45. The van der Waals surface area contributed by atoms with Crippen LogP contribution in [0.1, 0.15) is 37.6 Å². The van der Waals surface area contributed by atoms with Crippen molar-refractivity contribution < 1.29 is 23.4 Å². The second-order valence-electron chi connectivity index (χ2n) is 6.54. The minimum atomic E-state index is -2.88. The lowest BCUT2D eigenvalue weighted by Gasteiger charge is -2.48. The summed E-state index contributed by atoms with van der Waals surface area (Å²) in [5.41, 5.74) is -0.822. The third-order valence-corrected chi connectivity index (χ3v) is 4.53. The Morgan fingerprint density at radius 3 is 2.36 bits per heavy atom. The number of aliphatic hydroxyl groups is 1. The van der Waals surface area contributed by atoms with E-state index in [-0.39, 0.29) is 11.7 Å². The molecule has 0 bridgehead atoms. The van der Waals surface area contributed by atoms with Gasteiger partial charge in [0.25, 0.3) is 5.91 Å². The van der Waals surface area contributed by atoms with Crippen molar-refractivity contribution >= 4 is 5.91 Å². The molecular weight excluding hydrogens is 292 g/mol. The minimum Gasteiger partial charge on any atom is -0.435 e. The van der Waals surface area contributed by atoms with E-state index in [4.69, 9.17) is 0 Å². The summed E-state index contributed by atoms with van der Waals surface area (Å²) < 4.78 is 28.5. The second kappa shape index (κ2) is 5.83. The Morgan fingerprint density at radius 1 is 1.27 bits per heavy atom. The first-order valence-electron chi connectivity index (χ1n) is 7.19. The maximum atomic E-state index is 12.5. The predicted octanol–water partition coefficient (Wildman–Crippen LogP) is 2.91. The number of hydrogen-bond donors (Lipinski definition) is 1. The molecule has 0 aromatic heterocycles. The van der Waals surface area contributed by atoms with Gasteiger partial charge in [-0.3, -0.25) is 4.79 Å². The molecule has 1 amide bonds. The van der Waals surface area contributed by atoms with Gasteiger partial charge in [0.05, 0.1) is 5.60 Å². The van der Waals surface area contributed by atoms with E-state index in [0.29, 0.717) is 25.1 Å². The van der Waals surface area contributed by atoms with Crippen LogP contribution >= 0.6 is 0 Å². The number of carbonyl (C=O) groups is 1. The van der Waals surface area contributed by atoms with E-state index in [1.165, 1.54) is 24.3 Å². The van der Waals surface area contributed by atoms with E-state index in [2.05, 4.69) is 4.74 Å². The van der Waals surface area contributed by atoms with Gasteiger partial charge in [-0.25, -0.2) is 0 Å². The zero-order chi connectivity index (χ0) is 16.5. The summed E-state index contributed by atoms with van der Waals surface area (Å²) in [5.74, 6) is -0.152. The number of amides is 1. The zero-order valence-corrected chi connectivity index (χ0v) is 13.0. The number of carbonyl (C=O) groups excluding carboxylic acids is 1. The van der Waals surface area contributed by atoms with Gasteiger partial charge in [-0.2, -0.15) is 8.78 Å². The first kappa shape index (κ1) is 16.7. The van der Waals surface area contributed by atoms with Gasteiger partial charge in [0.1, 0.15) is 5.75 Å². The number of hydrogen-bond acceptors (Lipinski definition) is 3. The van der Waals surface area contributed by atoms with E-state index in [1.54, 1.807) is 11.8 Å². The molecule has 1 heterocycles. The molecule has 1 aromatic rings. The molecule has 2 rings (SSSR count). The van der Waals surface area contributed by atoms with Crippen LogP contribution in [0, 0.1) is 5.41 Å². The largest absolute Gasteiger partial charge is 0.435 e. The average Bonchev–Trinajstić information content (AvgIpc) is 2.41. The van der Waals surface area contributed by atoms with Crippen molar-refractivity contribution in [1.29, 1.82) is 0 Å². The SMILES string of the molecule is CC1(C)CN(C(=O)c2ccc(OC(F)F)cc2)CC[C@@]1(C)O. The van der Waals surface area contributed by atoms with E-state index in [1.807, 2.05) is 13.8 Å². The maximum Gasteiger partial charge on any atom is 0.387 e. The molecule has 1 aliphatic rings. The quantitative estimate of drug-likeness (QED) is 0.933. The molecule has 122 valence electrons. The molecule has 1 atom stereocenters. The Bertz CT molecular complexity index is 541. The smallest absolute Gasteiger partial charge is 0.387 e. The van der Waals surface area contributed by atoms with Crippen molar-refractivity contribution in [1.82, 2.24) is 4.90 Å². The first-order chi connectivity index (χ1) is 10.1. The summed E-state index contributed by atoms with van der Waals surface area (Å²) in [6, 6.07) is 5.65. The van der Waals surface area contributed by atoms with Crippen molar-refractivity contribution in [2.24, 2.45) is 5.41 Å². The second-order valence-corrected chi connectivity index (χ2v) is 6.54. The van der Waals surface area contributed by atoms with Crippen LogP contribution in [0.3, 0.4) is 0 Å². The molecule has 0 unspecified atom stereocenters. The highest BCUT2D eigenvalue weighted by atomic mass is 19.3. The van der Waals surface area contributed by atoms with Crippen LogP contribution in [0.4, 0.5) is 8.78 Å². The first-order valence-corrected chi connectivity index (χ1v) is 7.19. The molecule has 1 aromatic carbocycles. The Morgan fingerprint density at radius 2 is 1.86 bits per heavy atom. The summed E-state index contributed by atoms with van der Waals surface area (Å²) >= 11 is 0. The molecule has 0 saturated carbocycles. The standard InChI is InChI=1S/C16H21F2NO3/c1-15(2)10-19(9-8-16(15,3)21)13(20)11-4-6-12(7-5-11)22-14(17)18/h4-7,14,21H,8-10H2,1-3H3/t16-/m1/s1. The van der Waals surface area contributed by atoms with Gasteiger partial charge in [0.15, 0.2) is 0 Å². The molecule has 1 fully saturated rings. The molecule has 22 heavy (non-hydrogen) atoms. The highest BCUT2D eigenvalue weighted by Crippen LogP contribution is 2.38. The zero-order valence-electron chi connectivity index (χ0n) is 13.0. The lowest BCUT2D eigenvalue weighted by atomic mass is 9.71. The Labute approximate surface area is 128 Å². The number of rotatable bonds is 3. The predicted molar refractivity (Wildman–Crippen MR) is 78.0 cm³/mol. The van der Waals surface area contributed by atoms with Crippen molar-refractivity contribution in [3.05, 3.63) is 29.8 Å². The number of ether oxygens (including phenoxy) is 1. The van der Waals surface area contributed by atoms with Gasteiger partial charge < -0.3 is 14.7 Å². The number of benzene rings is 1. The van der Waals surface area contributed by atoms with Crippen LogP contribution in [-0.4, -0.2) is 41.2 Å². The fraction of sp³-hybridized carbons (Fsp3) is 0.562. The number of piperidine rings is 1. The third kappa shape index (κ3) is 3.38. The van der Waals surface area contributed by atoms with Gasteiger partial charge in [-0.1, -0.05) is 13.8 Å². The maximum absolute atomic E-state index is 12.5. The minimum absolute atomic E-state index is 0.0217. The van der Waals surface area contributed by atoms with Crippen LogP contribution in [0.2, 0.25) is 0 Å².